The van der Waals surface area contributed by atoms with Crippen LogP contribution in [0.1, 0.15) is 13.3 Å². The predicted octanol–water partition coefficient (Wildman–Crippen LogP) is 1.71. The number of hydrogen-bond donors (Lipinski definition) is 3. The molecule has 0 spiro atoms. The van der Waals surface area contributed by atoms with Crippen molar-refractivity contribution in [1.29, 1.82) is 0 Å². The largest absolute Gasteiger partial charge is 0.479 e. The van der Waals surface area contributed by atoms with Crippen molar-refractivity contribution in [3.05, 3.63) is 48.5 Å². The van der Waals surface area contributed by atoms with Crippen LogP contribution in [0.15, 0.2) is 53.4 Å². The van der Waals surface area contributed by atoms with E-state index in [1.165, 1.54) is 12.1 Å². The van der Waals surface area contributed by atoms with Crippen LogP contribution in [-0.4, -0.2) is 32.9 Å². The predicted molar refractivity (Wildman–Crippen MR) is 100 cm³/mol. The van der Waals surface area contributed by atoms with Crippen molar-refractivity contribution in [3.8, 4) is 5.75 Å². The average molecular weight is 389 g/mol. The molecule has 2 aromatic carbocycles. The number of nitrogens with one attached hydrogen (secondary N) is 3. The second-order valence-corrected chi connectivity index (χ2v) is 7.74. The van der Waals surface area contributed by atoms with Gasteiger partial charge in [-0.3, -0.25) is 9.59 Å². The summed E-state index contributed by atoms with van der Waals surface area (Å²) in [6.45, 7) is 1.61. The Hall–Kier alpha value is -2.91. The summed E-state index contributed by atoms with van der Waals surface area (Å²) in [4.78, 5) is 23.9. The maximum atomic E-state index is 12.1. The average Bonchev–Trinajstić information content (AvgIpc) is 2.63. The first-order chi connectivity index (χ1) is 12.8. The maximum absolute atomic E-state index is 12.1. The first-order valence-electron chi connectivity index (χ1n) is 8.31. The first-order valence-corrected chi connectivity index (χ1v) is 9.79. The zero-order valence-corrected chi connectivity index (χ0v) is 15.4. The summed E-state index contributed by atoms with van der Waals surface area (Å²) < 4.78 is 32.0. The van der Waals surface area contributed by atoms with E-state index in [9.17, 15) is 18.0 Å². The second-order valence-electron chi connectivity index (χ2n) is 5.97. The Balaban J connectivity index is 1.54. The van der Waals surface area contributed by atoms with Crippen molar-refractivity contribution in [1.82, 2.24) is 4.72 Å². The lowest BCUT2D eigenvalue weighted by Gasteiger charge is -2.23. The lowest BCUT2D eigenvalue weighted by molar-refractivity contribution is -0.122. The van der Waals surface area contributed by atoms with Crippen molar-refractivity contribution in [3.63, 3.8) is 0 Å². The number of amides is 2. The lowest BCUT2D eigenvalue weighted by atomic mass is 10.2. The third-order valence-corrected chi connectivity index (χ3v) is 5.37. The molecule has 0 unspecified atom stereocenters. The van der Waals surface area contributed by atoms with E-state index in [0.29, 0.717) is 17.1 Å². The number of anilines is 2. The molecule has 142 valence electrons. The number of rotatable bonds is 6. The smallest absolute Gasteiger partial charge is 0.265 e. The van der Waals surface area contributed by atoms with Crippen LogP contribution in [0.2, 0.25) is 0 Å². The molecule has 0 saturated carbocycles. The topological polar surface area (TPSA) is 114 Å². The Labute approximate surface area is 157 Å². The fourth-order valence-electron chi connectivity index (χ4n) is 2.49. The van der Waals surface area contributed by atoms with Gasteiger partial charge >= 0.3 is 0 Å². The second kappa shape index (κ2) is 7.77. The van der Waals surface area contributed by atoms with Crippen LogP contribution >= 0.6 is 0 Å². The van der Waals surface area contributed by atoms with E-state index in [1.54, 1.807) is 43.3 Å². The Kier molecular flexibility index (Phi) is 5.43. The number of carbonyl (C=O) groups excluding carboxylic acids is 2. The van der Waals surface area contributed by atoms with Crippen molar-refractivity contribution >= 4 is 33.2 Å². The summed E-state index contributed by atoms with van der Waals surface area (Å²) in [5.74, 6) is -0.0980. The molecule has 0 aliphatic carbocycles. The van der Waals surface area contributed by atoms with Gasteiger partial charge in [0.15, 0.2) is 6.10 Å². The molecule has 0 fully saturated rings. The van der Waals surface area contributed by atoms with E-state index in [1.807, 2.05) is 0 Å². The van der Waals surface area contributed by atoms with Crippen molar-refractivity contribution in [2.24, 2.45) is 0 Å². The van der Waals surface area contributed by atoms with Crippen LogP contribution in [-0.2, 0) is 19.6 Å². The van der Waals surface area contributed by atoms with Gasteiger partial charge in [-0.25, -0.2) is 13.1 Å². The van der Waals surface area contributed by atoms with Gasteiger partial charge < -0.3 is 15.4 Å². The quantitative estimate of drug-likeness (QED) is 0.696. The summed E-state index contributed by atoms with van der Waals surface area (Å²) >= 11 is 0. The van der Waals surface area contributed by atoms with Gasteiger partial charge in [-0.05, 0) is 37.3 Å². The number of hydrogen-bond acceptors (Lipinski definition) is 5. The SMILES string of the molecule is C[C@@H]1Oc2ccc(NC(=O)CCNS(=O)(=O)c3ccccc3)cc2NC1=O. The minimum absolute atomic E-state index is 0.0363. The molecule has 0 saturated heterocycles. The van der Waals surface area contributed by atoms with Gasteiger partial charge in [0.2, 0.25) is 15.9 Å². The van der Waals surface area contributed by atoms with Crippen LogP contribution in [0.3, 0.4) is 0 Å². The van der Waals surface area contributed by atoms with Crippen LogP contribution in [0.4, 0.5) is 11.4 Å². The number of benzene rings is 2. The van der Waals surface area contributed by atoms with Crippen LogP contribution < -0.4 is 20.1 Å². The minimum Gasteiger partial charge on any atom is -0.479 e. The molecule has 0 aromatic heterocycles. The molecule has 8 nitrogen and oxygen atoms in total. The number of sulfonamides is 1. The van der Waals surface area contributed by atoms with Crippen LogP contribution in [0, 0.1) is 0 Å². The van der Waals surface area contributed by atoms with Crippen molar-refractivity contribution < 1.29 is 22.7 Å². The van der Waals surface area contributed by atoms with Gasteiger partial charge in [-0.2, -0.15) is 0 Å². The van der Waals surface area contributed by atoms with E-state index in [0.717, 1.165) is 0 Å². The summed E-state index contributed by atoms with van der Waals surface area (Å²) in [5.41, 5.74) is 0.948. The molecule has 27 heavy (non-hydrogen) atoms. The molecule has 1 heterocycles. The summed E-state index contributed by atoms with van der Waals surface area (Å²) in [5, 5.41) is 5.36. The Bertz CT molecular complexity index is 960. The normalized spacial score (nSPS) is 16.0. The van der Waals surface area contributed by atoms with E-state index in [2.05, 4.69) is 15.4 Å². The van der Waals surface area contributed by atoms with Gasteiger partial charge in [0, 0.05) is 18.7 Å². The van der Waals surface area contributed by atoms with Gasteiger partial charge in [0.25, 0.3) is 5.91 Å². The van der Waals surface area contributed by atoms with Gasteiger partial charge in [0.05, 0.1) is 10.6 Å². The maximum Gasteiger partial charge on any atom is 0.265 e. The third kappa shape index (κ3) is 4.63. The lowest BCUT2D eigenvalue weighted by Crippen LogP contribution is -2.34. The van der Waals surface area contributed by atoms with E-state index >= 15 is 0 Å². The summed E-state index contributed by atoms with van der Waals surface area (Å²) in [7, 11) is -3.65. The Morgan fingerprint density at radius 1 is 1.19 bits per heavy atom. The first kappa shape index (κ1) is 18.9. The molecule has 1 atom stereocenters. The molecule has 0 bridgehead atoms. The number of carbonyl (C=O) groups is 2. The fourth-order valence-corrected chi connectivity index (χ4v) is 3.54. The zero-order valence-electron chi connectivity index (χ0n) is 14.6. The Morgan fingerprint density at radius 3 is 2.67 bits per heavy atom. The molecule has 0 radical (unpaired) electrons. The molecular formula is C18H19N3O5S. The molecule has 3 rings (SSSR count). The molecule has 1 aliphatic heterocycles. The van der Waals surface area contributed by atoms with E-state index < -0.39 is 16.1 Å². The monoisotopic (exact) mass is 389 g/mol. The molecular weight excluding hydrogens is 370 g/mol. The molecule has 3 N–H and O–H groups in total. The molecule has 2 aromatic rings. The van der Waals surface area contributed by atoms with E-state index in [4.69, 9.17) is 4.74 Å². The highest BCUT2D eigenvalue weighted by molar-refractivity contribution is 7.89. The fraction of sp³-hybridized carbons (Fsp3) is 0.222. The standard InChI is InChI=1S/C18H19N3O5S/c1-12-18(23)21-15-11-13(7-8-16(15)26-12)20-17(22)9-10-19-27(24,25)14-5-3-2-4-6-14/h2-8,11-12,19H,9-10H2,1H3,(H,20,22)(H,21,23)/t12-/m0/s1. The van der Waals surface area contributed by atoms with Gasteiger partial charge in [0.1, 0.15) is 5.75 Å². The minimum atomic E-state index is -3.65. The van der Waals surface area contributed by atoms with Crippen LogP contribution in [0.25, 0.3) is 0 Å². The highest BCUT2D eigenvalue weighted by Crippen LogP contribution is 2.32. The molecule has 1 aliphatic rings. The third-order valence-electron chi connectivity index (χ3n) is 3.89. The number of ether oxygens (including phenoxy) is 1. The van der Waals surface area contributed by atoms with E-state index in [-0.39, 0.29) is 29.7 Å². The summed E-state index contributed by atoms with van der Waals surface area (Å²) in [6, 6.07) is 12.8. The highest BCUT2D eigenvalue weighted by Gasteiger charge is 2.23. The van der Waals surface area contributed by atoms with Gasteiger partial charge in [-0.15, -0.1) is 0 Å². The van der Waals surface area contributed by atoms with Crippen LogP contribution in [0.5, 0.6) is 5.75 Å². The van der Waals surface area contributed by atoms with Crippen molar-refractivity contribution in [2.45, 2.75) is 24.3 Å². The number of fused-ring (bicyclic) bond motifs is 1. The zero-order chi connectivity index (χ0) is 19.4. The molecule has 2 amide bonds. The molecule has 9 heteroatoms. The van der Waals surface area contributed by atoms with Gasteiger partial charge in [-0.1, -0.05) is 18.2 Å². The highest BCUT2D eigenvalue weighted by atomic mass is 32.2. The Morgan fingerprint density at radius 2 is 1.93 bits per heavy atom. The van der Waals surface area contributed by atoms with Crippen molar-refractivity contribution in [2.75, 3.05) is 17.2 Å². The summed E-state index contributed by atoms with van der Waals surface area (Å²) in [6.07, 6.45) is -0.612.